The van der Waals surface area contributed by atoms with E-state index in [4.69, 9.17) is 9.47 Å². The van der Waals surface area contributed by atoms with Gasteiger partial charge in [-0.15, -0.1) is 0 Å². The Kier molecular flexibility index (Phi) is 5.47. The molecule has 0 aliphatic rings. The second-order valence-electron chi connectivity index (χ2n) is 4.99. The van der Waals surface area contributed by atoms with Crippen molar-refractivity contribution in [2.24, 2.45) is 0 Å². The van der Waals surface area contributed by atoms with E-state index in [1.165, 1.54) is 0 Å². The highest BCUT2D eigenvalue weighted by molar-refractivity contribution is 14.1. The van der Waals surface area contributed by atoms with Crippen LogP contribution >= 0.6 is 22.6 Å². The van der Waals surface area contributed by atoms with Crippen molar-refractivity contribution < 1.29 is 9.47 Å². The topological polar surface area (TPSA) is 31.4 Å². The second-order valence-corrected chi connectivity index (χ2v) is 6.15. The molecule has 1 aromatic heterocycles. The van der Waals surface area contributed by atoms with Gasteiger partial charge in [0.05, 0.1) is 3.57 Å². The van der Waals surface area contributed by atoms with Crippen LogP contribution < -0.4 is 9.47 Å². The number of ether oxygens (including phenoxy) is 2. The molecule has 3 aromatic rings. The van der Waals surface area contributed by atoms with Crippen molar-refractivity contribution in [3.05, 3.63) is 87.5 Å². The van der Waals surface area contributed by atoms with Crippen LogP contribution in [0.3, 0.4) is 0 Å². The molecule has 116 valence electrons. The Hall–Kier alpha value is -2.08. The number of nitrogens with zero attached hydrogens (tertiary/aromatic N) is 1. The minimum Gasteiger partial charge on any atom is -0.473 e. The summed E-state index contributed by atoms with van der Waals surface area (Å²) in [5, 5.41) is 0. The van der Waals surface area contributed by atoms with Crippen LogP contribution in [0.2, 0.25) is 0 Å². The molecule has 2 aromatic carbocycles. The maximum absolute atomic E-state index is 5.82. The molecule has 0 fully saturated rings. The summed E-state index contributed by atoms with van der Waals surface area (Å²) in [7, 11) is 0. The molecule has 0 spiro atoms. The number of rotatable bonds is 6. The predicted molar refractivity (Wildman–Crippen MR) is 98.5 cm³/mol. The lowest BCUT2D eigenvalue weighted by molar-refractivity contribution is 0.266. The molecule has 0 amide bonds. The molecule has 0 radical (unpaired) electrons. The van der Waals surface area contributed by atoms with Crippen LogP contribution in [0.5, 0.6) is 11.8 Å². The highest BCUT2D eigenvalue weighted by Crippen LogP contribution is 2.23. The Labute approximate surface area is 149 Å². The van der Waals surface area contributed by atoms with Crippen molar-refractivity contribution in [3.8, 4) is 11.8 Å². The molecule has 0 unspecified atom stereocenters. The molecule has 0 N–H and O–H groups in total. The molecule has 0 bridgehead atoms. The summed E-state index contributed by atoms with van der Waals surface area (Å²) < 4.78 is 12.5. The third kappa shape index (κ3) is 4.69. The van der Waals surface area contributed by atoms with Crippen LogP contribution in [0.1, 0.15) is 11.1 Å². The van der Waals surface area contributed by atoms with E-state index in [-0.39, 0.29) is 0 Å². The minimum atomic E-state index is 0.492. The standard InChI is InChI=1S/C19H16INO2/c20-17-11-12-18(22-13-15-7-3-1-4-8-15)21-19(17)23-14-16-9-5-2-6-10-16/h1-12H,13-14H2. The van der Waals surface area contributed by atoms with Gasteiger partial charge in [0, 0.05) is 6.07 Å². The van der Waals surface area contributed by atoms with E-state index in [0.717, 1.165) is 14.7 Å². The van der Waals surface area contributed by atoms with E-state index in [1.54, 1.807) is 0 Å². The van der Waals surface area contributed by atoms with Gasteiger partial charge in [-0.2, -0.15) is 4.98 Å². The minimum absolute atomic E-state index is 0.492. The maximum atomic E-state index is 5.82. The van der Waals surface area contributed by atoms with Crippen molar-refractivity contribution in [2.75, 3.05) is 0 Å². The molecule has 0 atom stereocenters. The number of benzene rings is 2. The van der Waals surface area contributed by atoms with E-state index in [0.29, 0.717) is 25.0 Å². The number of hydrogen-bond donors (Lipinski definition) is 0. The Morgan fingerprint density at radius 1 is 0.696 bits per heavy atom. The number of pyridine rings is 1. The van der Waals surface area contributed by atoms with Crippen molar-refractivity contribution in [2.45, 2.75) is 13.2 Å². The Bertz CT molecular complexity index is 748. The second kappa shape index (κ2) is 7.97. The molecule has 23 heavy (non-hydrogen) atoms. The van der Waals surface area contributed by atoms with Crippen molar-refractivity contribution in [3.63, 3.8) is 0 Å². The summed E-state index contributed by atoms with van der Waals surface area (Å²) in [5.41, 5.74) is 2.22. The summed E-state index contributed by atoms with van der Waals surface area (Å²) in [4.78, 5) is 4.45. The first-order valence-electron chi connectivity index (χ1n) is 7.31. The summed E-state index contributed by atoms with van der Waals surface area (Å²) in [6.07, 6.45) is 0. The van der Waals surface area contributed by atoms with Gasteiger partial charge in [-0.1, -0.05) is 60.7 Å². The zero-order valence-corrected chi connectivity index (χ0v) is 14.6. The summed E-state index contributed by atoms with van der Waals surface area (Å²) in [6.45, 7) is 0.985. The Morgan fingerprint density at radius 2 is 1.26 bits per heavy atom. The monoisotopic (exact) mass is 417 g/mol. The molecule has 1 heterocycles. The fraction of sp³-hybridized carbons (Fsp3) is 0.105. The first-order valence-corrected chi connectivity index (χ1v) is 8.39. The fourth-order valence-corrected chi connectivity index (χ4v) is 2.50. The van der Waals surface area contributed by atoms with Crippen LogP contribution in [0.15, 0.2) is 72.8 Å². The highest BCUT2D eigenvalue weighted by atomic mass is 127. The number of halogens is 1. The van der Waals surface area contributed by atoms with E-state index in [1.807, 2.05) is 72.8 Å². The van der Waals surface area contributed by atoms with Gasteiger partial charge in [0.25, 0.3) is 0 Å². The molecule has 3 rings (SSSR count). The van der Waals surface area contributed by atoms with Gasteiger partial charge < -0.3 is 9.47 Å². The van der Waals surface area contributed by atoms with E-state index in [2.05, 4.69) is 27.6 Å². The normalized spacial score (nSPS) is 10.3. The van der Waals surface area contributed by atoms with Crippen molar-refractivity contribution in [1.82, 2.24) is 4.98 Å². The molecule has 0 aliphatic heterocycles. The maximum Gasteiger partial charge on any atom is 0.230 e. The lowest BCUT2D eigenvalue weighted by atomic mass is 10.2. The largest absolute Gasteiger partial charge is 0.473 e. The van der Waals surface area contributed by atoms with Gasteiger partial charge >= 0.3 is 0 Å². The molecular weight excluding hydrogens is 401 g/mol. The Morgan fingerprint density at radius 3 is 1.87 bits per heavy atom. The smallest absolute Gasteiger partial charge is 0.230 e. The molecule has 0 saturated heterocycles. The zero-order chi connectivity index (χ0) is 15.9. The molecule has 3 nitrogen and oxygen atoms in total. The first-order chi connectivity index (χ1) is 11.3. The fourth-order valence-electron chi connectivity index (χ4n) is 2.05. The van der Waals surface area contributed by atoms with Crippen molar-refractivity contribution in [1.29, 1.82) is 0 Å². The summed E-state index contributed by atoms with van der Waals surface area (Å²) in [5.74, 6) is 1.16. The van der Waals surface area contributed by atoms with Crippen LogP contribution in [-0.4, -0.2) is 4.98 Å². The van der Waals surface area contributed by atoms with Crippen molar-refractivity contribution >= 4 is 22.6 Å². The Balaban J connectivity index is 1.64. The van der Waals surface area contributed by atoms with E-state index >= 15 is 0 Å². The molecule has 0 aliphatic carbocycles. The van der Waals surface area contributed by atoms with Crippen LogP contribution in [0.25, 0.3) is 0 Å². The third-order valence-electron chi connectivity index (χ3n) is 3.24. The predicted octanol–water partition coefficient (Wildman–Crippen LogP) is 4.84. The SMILES string of the molecule is Ic1ccc(OCc2ccccc2)nc1OCc1ccccc1. The van der Waals surface area contributed by atoms with E-state index in [9.17, 15) is 0 Å². The summed E-state index contributed by atoms with van der Waals surface area (Å²) >= 11 is 2.22. The van der Waals surface area contributed by atoms with Crippen LogP contribution in [-0.2, 0) is 13.2 Å². The van der Waals surface area contributed by atoms with Crippen LogP contribution in [0.4, 0.5) is 0 Å². The van der Waals surface area contributed by atoms with Gasteiger partial charge in [-0.25, -0.2) is 0 Å². The van der Waals surface area contributed by atoms with E-state index < -0.39 is 0 Å². The number of aromatic nitrogens is 1. The van der Waals surface area contributed by atoms with Gasteiger partial charge in [-0.3, -0.25) is 0 Å². The molecule has 4 heteroatoms. The molecule has 0 saturated carbocycles. The van der Waals surface area contributed by atoms with Crippen LogP contribution in [0, 0.1) is 3.57 Å². The quantitative estimate of drug-likeness (QED) is 0.538. The lowest BCUT2D eigenvalue weighted by Gasteiger charge is -2.10. The average molecular weight is 417 g/mol. The zero-order valence-electron chi connectivity index (χ0n) is 12.5. The van der Waals surface area contributed by atoms with Gasteiger partial charge in [0.15, 0.2) is 0 Å². The highest BCUT2D eigenvalue weighted by Gasteiger charge is 2.06. The third-order valence-corrected chi connectivity index (χ3v) is 4.06. The lowest BCUT2D eigenvalue weighted by Crippen LogP contribution is -2.02. The van der Waals surface area contributed by atoms with Gasteiger partial charge in [0.1, 0.15) is 13.2 Å². The average Bonchev–Trinajstić information content (AvgIpc) is 2.62. The number of hydrogen-bond acceptors (Lipinski definition) is 3. The first kappa shape index (κ1) is 15.8. The van der Waals surface area contributed by atoms with Gasteiger partial charge in [-0.05, 0) is 39.8 Å². The van der Waals surface area contributed by atoms with Gasteiger partial charge in [0.2, 0.25) is 11.8 Å². The summed E-state index contributed by atoms with van der Waals surface area (Å²) in [6, 6.07) is 23.9. The molecular formula is C19H16INO2.